The van der Waals surface area contributed by atoms with Gasteiger partial charge in [0.15, 0.2) is 0 Å². The molecule has 5 heteroatoms. The van der Waals surface area contributed by atoms with Crippen molar-refractivity contribution < 1.29 is 14.0 Å². The van der Waals surface area contributed by atoms with Crippen molar-refractivity contribution in [2.45, 2.75) is 75.3 Å². The number of rotatable bonds is 5. The fourth-order valence-electron chi connectivity index (χ4n) is 5.36. The summed E-state index contributed by atoms with van der Waals surface area (Å²) in [6.07, 6.45) is 8.74. The van der Waals surface area contributed by atoms with E-state index in [4.69, 9.17) is 0 Å². The lowest BCUT2D eigenvalue weighted by molar-refractivity contribution is -0.124. The van der Waals surface area contributed by atoms with E-state index in [1.807, 2.05) is 0 Å². The highest BCUT2D eigenvalue weighted by Gasteiger charge is 2.61. The van der Waals surface area contributed by atoms with Crippen LogP contribution in [0.15, 0.2) is 24.3 Å². The number of carbonyl (C=O) groups excluding carboxylic acids is 2. The minimum atomic E-state index is -0.683. The molecule has 0 radical (unpaired) electrons. The maximum absolute atomic E-state index is 14.2. The van der Waals surface area contributed by atoms with Crippen molar-refractivity contribution in [2.75, 3.05) is 0 Å². The van der Waals surface area contributed by atoms with Crippen molar-refractivity contribution in [1.82, 2.24) is 10.6 Å². The first kappa shape index (κ1) is 17.2. The van der Waals surface area contributed by atoms with E-state index in [0.29, 0.717) is 23.8 Å². The lowest BCUT2D eigenvalue weighted by Gasteiger charge is -2.26. The van der Waals surface area contributed by atoms with Crippen molar-refractivity contribution in [3.8, 4) is 0 Å². The van der Waals surface area contributed by atoms with Crippen molar-refractivity contribution in [3.05, 3.63) is 35.6 Å². The summed E-state index contributed by atoms with van der Waals surface area (Å²) >= 11 is 0. The van der Waals surface area contributed by atoms with E-state index in [1.54, 1.807) is 18.2 Å². The van der Waals surface area contributed by atoms with Gasteiger partial charge < -0.3 is 10.6 Å². The topological polar surface area (TPSA) is 58.2 Å². The first-order chi connectivity index (χ1) is 13.0. The second kappa shape index (κ2) is 6.05. The molecule has 0 bridgehead atoms. The van der Waals surface area contributed by atoms with Crippen LogP contribution in [-0.4, -0.2) is 23.9 Å². The zero-order valence-corrected chi connectivity index (χ0v) is 15.6. The molecule has 0 aliphatic heterocycles. The number of nitrogens with one attached hydrogen (secondary N) is 2. The van der Waals surface area contributed by atoms with Gasteiger partial charge in [0.05, 0.1) is 5.41 Å². The molecule has 4 nitrogen and oxygen atoms in total. The third-order valence-corrected chi connectivity index (χ3v) is 7.54. The van der Waals surface area contributed by atoms with E-state index >= 15 is 0 Å². The quantitative estimate of drug-likeness (QED) is 0.836. The molecule has 1 unspecified atom stereocenters. The zero-order valence-electron chi connectivity index (χ0n) is 15.6. The van der Waals surface area contributed by atoms with Crippen molar-refractivity contribution in [2.24, 2.45) is 11.3 Å². The van der Waals surface area contributed by atoms with Gasteiger partial charge >= 0.3 is 0 Å². The summed E-state index contributed by atoms with van der Waals surface area (Å²) in [5.74, 6) is 0.101. The molecular formula is C22H27FN2O2. The van der Waals surface area contributed by atoms with Crippen LogP contribution in [0.3, 0.4) is 0 Å². The highest BCUT2D eigenvalue weighted by molar-refractivity contribution is 5.91. The van der Waals surface area contributed by atoms with Gasteiger partial charge in [0.1, 0.15) is 5.82 Å². The van der Waals surface area contributed by atoms with E-state index in [2.05, 4.69) is 10.6 Å². The second-order valence-corrected chi connectivity index (χ2v) is 9.22. The average molecular weight is 370 g/mol. The SMILES string of the molecule is O=C(N[C@H]1CC[C@@H](NC(=O)C2(c3ccccc3F)CC2)C1)C1CC12CCC2. The predicted molar refractivity (Wildman–Crippen MR) is 99.4 cm³/mol. The van der Waals surface area contributed by atoms with Gasteiger partial charge in [0, 0.05) is 23.6 Å². The Balaban J connectivity index is 1.15. The maximum Gasteiger partial charge on any atom is 0.230 e. The molecule has 2 amide bonds. The second-order valence-electron chi connectivity index (χ2n) is 9.22. The maximum atomic E-state index is 14.2. The number of hydrogen-bond acceptors (Lipinski definition) is 2. The van der Waals surface area contributed by atoms with Crippen LogP contribution in [0.25, 0.3) is 0 Å². The van der Waals surface area contributed by atoms with Gasteiger partial charge in [-0.3, -0.25) is 9.59 Å². The van der Waals surface area contributed by atoms with Gasteiger partial charge in [-0.1, -0.05) is 24.6 Å². The summed E-state index contributed by atoms with van der Waals surface area (Å²) in [5.41, 5.74) is 0.191. The Morgan fingerprint density at radius 2 is 1.70 bits per heavy atom. The Kier molecular flexibility index (Phi) is 3.85. The molecule has 4 fully saturated rings. The third kappa shape index (κ3) is 2.86. The highest BCUT2D eigenvalue weighted by atomic mass is 19.1. The molecule has 1 spiro atoms. The van der Waals surface area contributed by atoms with Gasteiger partial charge in [0.25, 0.3) is 0 Å². The smallest absolute Gasteiger partial charge is 0.230 e. The molecule has 3 atom stereocenters. The molecule has 2 N–H and O–H groups in total. The fourth-order valence-corrected chi connectivity index (χ4v) is 5.36. The van der Waals surface area contributed by atoms with Crippen LogP contribution in [-0.2, 0) is 15.0 Å². The first-order valence-corrected chi connectivity index (χ1v) is 10.4. The summed E-state index contributed by atoms with van der Waals surface area (Å²) in [5, 5.41) is 6.35. The van der Waals surface area contributed by atoms with Crippen molar-refractivity contribution in [1.29, 1.82) is 0 Å². The predicted octanol–water partition coefficient (Wildman–Crippen LogP) is 3.20. The van der Waals surface area contributed by atoms with Crippen molar-refractivity contribution in [3.63, 3.8) is 0 Å². The summed E-state index contributed by atoms with van der Waals surface area (Å²) in [4.78, 5) is 25.3. The van der Waals surface area contributed by atoms with Crippen LogP contribution >= 0.6 is 0 Å². The molecule has 1 aromatic rings. The third-order valence-electron chi connectivity index (χ3n) is 7.54. The minimum absolute atomic E-state index is 0.0554. The van der Waals surface area contributed by atoms with E-state index in [1.165, 1.54) is 25.3 Å². The molecule has 27 heavy (non-hydrogen) atoms. The standard InChI is InChI=1S/C22H27FN2O2/c23-18-5-2-1-4-16(18)22(10-11-22)20(27)25-15-7-6-14(12-15)24-19(26)17-13-21(17)8-3-9-21/h1-2,4-5,14-15,17H,3,6-13H2,(H,24,26)(H,25,27)/t14-,15+,17?/m0/s1. The van der Waals surface area contributed by atoms with Crippen LogP contribution in [0.5, 0.6) is 0 Å². The molecular weight excluding hydrogens is 343 g/mol. The summed E-state index contributed by atoms with van der Waals surface area (Å²) in [7, 11) is 0. The monoisotopic (exact) mass is 370 g/mol. The number of halogens is 1. The van der Waals surface area contributed by atoms with Crippen LogP contribution in [0.1, 0.15) is 63.4 Å². The van der Waals surface area contributed by atoms with E-state index in [-0.39, 0.29) is 35.6 Å². The zero-order chi connectivity index (χ0) is 18.6. The van der Waals surface area contributed by atoms with E-state index in [9.17, 15) is 14.0 Å². The van der Waals surface area contributed by atoms with Crippen LogP contribution in [0.2, 0.25) is 0 Å². The lowest BCUT2D eigenvalue weighted by atomic mass is 9.79. The summed E-state index contributed by atoms with van der Waals surface area (Å²) in [6, 6.07) is 6.83. The Bertz CT molecular complexity index is 784. The number of carbonyl (C=O) groups is 2. The van der Waals surface area contributed by atoms with Crippen molar-refractivity contribution >= 4 is 11.8 Å². The largest absolute Gasteiger partial charge is 0.353 e. The Morgan fingerprint density at radius 3 is 2.30 bits per heavy atom. The van der Waals surface area contributed by atoms with Crippen LogP contribution < -0.4 is 10.6 Å². The summed E-state index contributed by atoms with van der Waals surface area (Å²) in [6.45, 7) is 0. The van der Waals surface area contributed by atoms with Crippen LogP contribution in [0.4, 0.5) is 4.39 Å². The van der Waals surface area contributed by atoms with Gasteiger partial charge in [-0.15, -0.1) is 0 Å². The molecule has 0 heterocycles. The Hall–Kier alpha value is -1.91. The first-order valence-electron chi connectivity index (χ1n) is 10.4. The molecule has 4 aliphatic rings. The van der Waals surface area contributed by atoms with Crippen LogP contribution in [0, 0.1) is 17.2 Å². The lowest BCUT2D eigenvalue weighted by Crippen LogP contribution is -2.42. The Labute approximate surface area is 159 Å². The molecule has 1 aromatic carbocycles. The molecule has 0 saturated heterocycles. The Morgan fingerprint density at radius 1 is 1.00 bits per heavy atom. The van der Waals surface area contributed by atoms with E-state index in [0.717, 1.165) is 25.7 Å². The fraction of sp³-hybridized carbons (Fsp3) is 0.636. The van der Waals surface area contributed by atoms with Gasteiger partial charge in [-0.2, -0.15) is 0 Å². The highest BCUT2D eigenvalue weighted by Crippen LogP contribution is 2.65. The molecule has 4 saturated carbocycles. The average Bonchev–Trinajstić information content (AvgIpc) is 3.52. The molecule has 4 aliphatic carbocycles. The van der Waals surface area contributed by atoms with Gasteiger partial charge in [0.2, 0.25) is 11.8 Å². The minimum Gasteiger partial charge on any atom is -0.353 e. The number of benzene rings is 1. The summed E-state index contributed by atoms with van der Waals surface area (Å²) < 4.78 is 14.2. The molecule has 144 valence electrons. The van der Waals surface area contributed by atoms with E-state index < -0.39 is 5.41 Å². The number of hydrogen-bond donors (Lipinski definition) is 2. The van der Waals surface area contributed by atoms with Gasteiger partial charge in [-0.25, -0.2) is 4.39 Å². The molecule has 0 aromatic heterocycles. The normalized spacial score (nSPS) is 31.8. The number of amides is 2. The van der Waals surface area contributed by atoms with Gasteiger partial charge in [-0.05, 0) is 62.8 Å². The molecule has 5 rings (SSSR count).